The van der Waals surface area contributed by atoms with Gasteiger partial charge in [0.15, 0.2) is 0 Å². The first-order chi connectivity index (χ1) is 12.6. The van der Waals surface area contributed by atoms with Crippen molar-refractivity contribution in [1.82, 2.24) is 23.4 Å². The Kier molecular flexibility index (Phi) is 4.79. The van der Waals surface area contributed by atoms with Crippen LogP contribution in [0.1, 0.15) is 25.0 Å². The van der Waals surface area contributed by atoms with Gasteiger partial charge in [0.25, 0.3) is 0 Å². The predicted molar refractivity (Wildman–Crippen MR) is 99.5 cm³/mol. The molecule has 1 N–H and O–H groups in total. The minimum atomic E-state index is -3.71. The molecule has 1 saturated heterocycles. The lowest BCUT2D eigenvalue weighted by Crippen LogP contribution is -2.31. The second-order valence-corrected chi connectivity index (χ2v) is 8.37. The Balaban J connectivity index is 1.52. The molecule has 1 aliphatic rings. The van der Waals surface area contributed by atoms with Crippen LogP contribution in [0.25, 0.3) is 11.0 Å². The number of hydrogen-bond donors (Lipinski definition) is 1. The summed E-state index contributed by atoms with van der Waals surface area (Å²) in [7, 11) is -3.71. The van der Waals surface area contributed by atoms with E-state index in [0.717, 1.165) is 37.7 Å². The average molecular weight is 390 g/mol. The third kappa shape index (κ3) is 3.53. The molecule has 26 heavy (non-hydrogen) atoms. The van der Waals surface area contributed by atoms with Crippen molar-refractivity contribution in [3.05, 3.63) is 36.2 Å². The lowest BCUT2D eigenvalue weighted by atomic mass is 10.1. The Morgan fingerprint density at radius 1 is 1.12 bits per heavy atom. The highest BCUT2D eigenvalue weighted by molar-refractivity contribution is 7.89. The molecule has 0 unspecified atom stereocenters. The molecule has 0 bridgehead atoms. The van der Waals surface area contributed by atoms with Crippen LogP contribution in [0.2, 0.25) is 0 Å². The Bertz CT molecular complexity index is 1010. The highest BCUT2D eigenvalue weighted by Gasteiger charge is 2.20. The number of fused-ring (bicyclic) bond motifs is 1. The normalized spacial score (nSPS) is 15.5. The molecule has 1 fully saturated rings. The molecule has 0 amide bonds. The van der Waals surface area contributed by atoms with Gasteiger partial charge in [-0.3, -0.25) is 0 Å². The third-order valence-corrected chi connectivity index (χ3v) is 6.30. The highest BCUT2D eigenvalue weighted by atomic mass is 32.2. The van der Waals surface area contributed by atoms with E-state index in [-0.39, 0.29) is 11.4 Å². The van der Waals surface area contributed by atoms with E-state index in [2.05, 4.69) is 28.3 Å². The van der Waals surface area contributed by atoms with Crippen LogP contribution in [0.5, 0.6) is 0 Å². The first kappa shape index (κ1) is 17.3. The SMILES string of the molecule is O=S(=O)(NCc1ccnc(N2CCCCC2)n1)c1cccc2nsnc12. The third-order valence-electron chi connectivity index (χ3n) is 4.32. The second kappa shape index (κ2) is 7.22. The zero-order valence-corrected chi connectivity index (χ0v) is 15.6. The molecule has 0 spiro atoms. The summed E-state index contributed by atoms with van der Waals surface area (Å²) < 4.78 is 36.1. The van der Waals surface area contributed by atoms with Crippen molar-refractivity contribution < 1.29 is 8.42 Å². The van der Waals surface area contributed by atoms with Crippen LogP contribution in [-0.2, 0) is 16.6 Å². The van der Waals surface area contributed by atoms with Gasteiger partial charge in [-0.05, 0) is 37.5 Å². The standard InChI is InChI=1S/C16H18N6O2S2/c23-26(24,14-6-4-5-13-15(14)21-25-20-13)18-11-12-7-8-17-16(19-12)22-9-2-1-3-10-22/h4-8,18H,1-3,9-11H2. The maximum Gasteiger partial charge on any atom is 0.243 e. The Hall–Kier alpha value is -2.17. The van der Waals surface area contributed by atoms with Crippen molar-refractivity contribution in [2.24, 2.45) is 0 Å². The number of nitrogens with zero attached hydrogens (tertiary/aromatic N) is 5. The van der Waals surface area contributed by atoms with Crippen LogP contribution >= 0.6 is 11.7 Å². The van der Waals surface area contributed by atoms with Crippen molar-refractivity contribution >= 4 is 38.7 Å². The number of benzene rings is 1. The van der Waals surface area contributed by atoms with Gasteiger partial charge in [0.1, 0.15) is 15.9 Å². The molecule has 1 aliphatic heterocycles. The van der Waals surface area contributed by atoms with E-state index >= 15 is 0 Å². The Morgan fingerprint density at radius 3 is 2.81 bits per heavy atom. The average Bonchev–Trinajstić information content (AvgIpc) is 3.16. The Morgan fingerprint density at radius 2 is 1.96 bits per heavy atom. The molecule has 3 aromatic rings. The van der Waals surface area contributed by atoms with E-state index in [1.807, 2.05) is 0 Å². The monoisotopic (exact) mass is 390 g/mol. The largest absolute Gasteiger partial charge is 0.341 e. The van der Waals surface area contributed by atoms with Crippen molar-refractivity contribution in [2.75, 3.05) is 18.0 Å². The van der Waals surface area contributed by atoms with Crippen LogP contribution in [-0.4, -0.2) is 40.2 Å². The van der Waals surface area contributed by atoms with Crippen LogP contribution < -0.4 is 9.62 Å². The number of sulfonamides is 1. The zero-order chi connectivity index (χ0) is 18.0. The molecular formula is C16H18N6O2S2. The number of anilines is 1. The summed E-state index contributed by atoms with van der Waals surface area (Å²) in [5, 5.41) is 0. The van der Waals surface area contributed by atoms with Crippen molar-refractivity contribution in [3.63, 3.8) is 0 Å². The molecule has 4 rings (SSSR count). The maximum atomic E-state index is 12.7. The fourth-order valence-electron chi connectivity index (χ4n) is 2.97. The molecule has 8 nitrogen and oxygen atoms in total. The summed E-state index contributed by atoms with van der Waals surface area (Å²) in [4.78, 5) is 11.1. The van der Waals surface area contributed by atoms with E-state index in [4.69, 9.17) is 0 Å². The molecule has 1 aromatic carbocycles. The summed E-state index contributed by atoms with van der Waals surface area (Å²) in [5.41, 5.74) is 1.60. The molecule has 0 aliphatic carbocycles. The smallest absolute Gasteiger partial charge is 0.243 e. The van der Waals surface area contributed by atoms with Gasteiger partial charge in [0.05, 0.1) is 24.0 Å². The van der Waals surface area contributed by atoms with E-state index in [0.29, 0.717) is 22.7 Å². The molecule has 3 heterocycles. The molecule has 2 aromatic heterocycles. The van der Waals surface area contributed by atoms with Gasteiger partial charge in [0, 0.05) is 19.3 Å². The fourth-order valence-corrected chi connectivity index (χ4v) is 4.74. The number of nitrogens with one attached hydrogen (secondary N) is 1. The Labute approximate surface area is 155 Å². The summed E-state index contributed by atoms with van der Waals surface area (Å²) in [6, 6.07) is 6.66. The highest BCUT2D eigenvalue weighted by Crippen LogP contribution is 2.21. The predicted octanol–water partition coefficient (Wildman–Crippen LogP) is 1.95. The van der Waals surface area contributed by atoms with Crippen LogP contribution in [0.3, 0.4) is 0 Å². The lowest BCUT2D eigenvalue weighted by Gasteiger charge is -2.26. The first-order valence-electron chi connectivity index (χ1n) is 8.41. The number of aromatic nitrogens is 4. The van der Waals surface area contributed by atoms with Crippen molar-refractivity contribution in [2.45, 2.75) is 30.7 Å². The minimum absolute atomic E-state index is 0.0969. The van der Waals surface area contributed by atoms with Gasteiger partial charge < -0.3 is 4.90 Å². The van der Waals surface area contributed by atoms with E-state index in [9.17, 15) is 8.42 Å². The molecule has 0 radical (unpaired) electrons. The number of piperidine rings is 1. The summed E-state index contributed by atoms with van der Waals surface area (Å²) in [5.74, 6) is 0.659. The van der Waals surface area contributed by atoms with E-state index < -0.39 is 10.0 Å². The second-order valence-electron chi connectivity index (χ2n) is 6.11. The van der Waals surface area contributed by atoms with Gasteiger partial charge in [-0.25, -0.2) is 23.1 Å². The summed E-state index contributed by atoms with van der Waals surface area (Å²) >= 11 is 0.997. The van der Waals surface area contributed by atoms with E-state index in [1.54, 1.807) is 24.4 Å². The van der Waals surface area contributed by atoms with Crippen molar-refractivity contribution in [1.29, 1.82) is 0 Å². The first-order valence-corrected chi connectivity index (χ1v) is 10.6. The van der Waals surface area contributed by atoms with Gasteiger partial charge >= 0.3 is 0 Å². The van der Waals surface area contributed by atoms with Gasteiger partial charge in [-0.1, -0.05) is 6.07 Å². The molecule has 136 valence electrons. The van der Waals surface area contributed by atoms with Gasteiger partial charge in [-0.2, -0.15) is 8.75 Å². The van der Waals surface area contributed by atoms with Crippen LogP contribution in [0.4, 0.5) is 5.95 Å². The molecule has 0 atom stereocenters. The summed E-state index contributed by atoms with van der Waals surface area (Å²) in [6.45, 7) is 1.97. The van der Waals surface area contributed by atoms with Gasteiger partial charge in [0.2, 0.25) is 16.0 Å². The summed E-state index contributed by atoms with van der Waals surface area (Å²) in [6.07, 6.45) is 5.16. The molecule has 10 heteroatoms. The lowest BCUT2D eigenvalue weighted by molar-refractivity contribution is 0.566. The van der Waals surface area contributed by atoms with Gasteiger partial charge in [-0.15, -0.1) is 0 Å². The number of rotatable bonds is 5. The minimum Gasteiger partial charge on any atom is -0.341 e. The zero-order valence-electron chi connectivity index (χ0n) is 14.0. The fraction of sp³-hybridized carbons (Fsp3) is 0.375. The van der Waals surface area contributed by atoms with Crippen molar-refractivity contribution in [3.8, 4) is 0 Å². The number of hydrogen-bond acceptors (Lipinski definition) is 8. The molecule has 0 saturated carbocycles. The maximum absolute atomic E-state index is 12.7. The topological polar surface area (TPSA) is 101 Å². The molecular weight excluding hydrogens is 372 g/mol. The van der Waals surface area contributed by atoms with E-state index in [1.165, 1.54) is 12.5 Å². The van der Waals surface area contributed by atoms with Crippen LogP contribution in [0, 0.1) is 0 Å². The van der Waals surface area contributed by atoms with Crippen LogP contribution in [0.15, 0.2) is 35.4 Å². The quantitative estimate of drug-likeness (QED) is 0.710.